The van der Waals surface area contributed by atoms with Gasteiger partial charge in [-0.15, -0.1) is 0 Å². The van der Waals surface area contributed by atoms with Gasteiger partial charge in [0, 0.05) is 19.4 Å². The number of carboxylic acids is 1. The summed E-state index contributed by atoms with van der Waals surface area (Å²) >= 11 is 0. The van der Waals surface area contributed by atoms with Crippen LogP contribution in [-0.4, -0.2) is 82.4 Å². The highest BCUT2D eigenvalue weighted by Gasteiger charge is 2.30. The number of nitrogens with one attached hydrogen (secondary N) is 3. The Morgan fingerprint density at radius 3 is 1.71 bits per heavy atom. The van der Waals surface area contributed by atoms with Crippen molar-refractivity contribution in [3.63, 3.8) is 0 Å². The highest BCUT2D eigenvalue weighted by molar-refractivity contribution is 5.94. The Labute approximate surface area is 241 Å². The van der Waals surface area contributed by atoms with E-state index in [1.54, 1.807) is 12.1 Å². The summed E-state index contributed by atoms with van der Waals surface area (Å²) in [6.45, 7) is 0.0833. The molecular weight excluding hydrogens is 554 g/mol. The van der Waals surface area contributed by atoms with Crippen LogP contribution in [-0.2, 0) is 35.2 Å². The number of aliphatic imine (C=N–C) groups is 1. The van der Waals surface area contributed by atoms with Gasteiger partial charge in [0.25, 0.3) is 0 Å². The SMILES string of the molecule is NC(=O)CCC(NC(=O)C(CCCN=C(N)N)NC(=O)C(CCC(N)=O)NC(=O)C(N)Cc1ccc(O)cc1)C(=O)O. The Kier molecular flexibility index (Phi) is 14.8. The third-order valence-corrected chi connectivity index (χ3v) is 5.91. The van der Waals surface area contributed by atoms with Crippen LogP contribution in [0, 0.1) is 0 Å². The lowest BCUT2D eigenvalue weighted by atomic mass is 10.0. The zero-order valence-corrected chi connectivity index (χ0v) is 23.0. The Balaban J connectivity index is 3.07. The molecule has 17 heteroatoms. The summed E-state index contributed by atoms with van der Waals surface area (Å²) in [4.78, 5) is 77.0. The summed E-state index contributed by atoms with van der Waals surface area (Å²) in [5.74, 6) is -5.62. The molecule has 0 heterocycles. The van der Waals surface area contributed by atoms with E-state index in [1.807, 2.05) is 0 Å². The fraction of sp³-hybridized carbons (Fsp3) is 0.480. The van der Waals surface area contributed by atoms with Crippen molar-refractivity contribution in [2.75, 3.05) is 6.54 Å². The molecule has 4 atom stereocenters. The number of aromatic hydroxyl groups is 1. The summed E-state index contributed by atoms with van der Waals surface area (Å²) < 4.78 is 0. The van der Waals surface area contributed by atoms with E-state index in [0.29, 0.717) is 5.56 Å². The molecule has 0 aliphatic carbocycles. The van der Waals surface area contributed by atoms with E-state index in [9.17, 15) is 39.0 Å². The van der Waals surface area contributed by atoms with Gasteiger partial charge in [-0.3, -0.25) is 29.0 Å². The Hall–Kier alpha value is -4.93. The normalized spacial score (nSPS) is 13.5. The fourth-order valence-corrected chi connectivity index (χ4v) is 3.67. The van der Waals surface area contributed by atoms with E-state index in [-0.39, 0.29) is 63.2 Å². The number of carbonyl (C=O) groups is 6. The van der Waals surface area contributed by atoms with Crippen molar-refractivity contribution in [3.8, 4) is 5.75 Å². The molecule has 4 unspecified atom stereocenters. The van der Waals surface area contributed by atoms with Crippen LogP contribution in [0.1, 0.15) is 44.1 Å². The van der Waals surface area contributed by atoms with Crippen LogP contribution in [0.3, 0.4) is 0 Å². The Morgan fingerprint density at radius 1 is 0.738 bits per heavy atom. The van der Waals surface area contributed by atoms with Crippen molar-refractivity contribution < 1.29 is 39.0 Å². The molecular formula is C25H39N9O8. The molecule has 15 N–H and O–H groups in total. The molecule has 0 aromatic heterocycles. The number of hydrogen-bond donors (Lipinski definition) is 10. The van der Waals surface area contributed by atoms with Gasteiger partial charge < -0.3 is 54.8 Å². The maximum absolute atomic E-state index is 13.2. The molecule has 1 rings (SSSR count). The van der Waals surface area contributed by atoms with Crippen LogP contribution >= 0.6 is 0 Å². The number of primary amides is 2. The molecule has 0 bridgehead atoms. The number of rotatable bonds is 19. The third kappa shape index (κ3) is 13.9. The van der Waals surface area contributed by atoms with Gasteiger partial charge in [0.15, 0.2) is 5.96 Å². The number of hydrogen-bond acceptors (Lipinski definition) is 9. The monoisotopic (exact) mass is 593 g/mol. The molecule has 1 aromatic rings. The van der Waals surface area contributed by atoms with Gasteiger partial charge >= 0.3 is 5.97 Å². The molecule has 0 radical (unpaired) electrons. The number of carbonyl (C=O) groups excluding carboxylic acids is 5. The van der Waals surface area contributed by atoms with Crippen molar-refractivity contribution in [2.24, 2.45) is 33.7 Å². The standard InChI is InChI=1S/C25H39N9O8/c26-15(12-13-3-5-14(35)6-4-13)21(38)32-17(7-9-19(27)36)23(40)33-16(2-1-11-31-25(29)30)22(39)34-18(24(41)42)8-10-20(28)37/h3-6,15-18,35H,1-2,7-12,26H2,(H2,27,36)(H2,28,37)(H,32,38)(H,33,40)(H,34,39)(H,41,42)(H4,29,30,31). The van der Waals surface area contributed by atoms with E-state index < -0.39 is 59.7 Å². The summed E-state index contributed by atoms with van der Waals surface area (Å²) in [7, 11) is 0. The van der Waals surface area contributed by atoms with Gasteiger partial charge in [0.2, 0.25) is 29.5 Å². The van der Waals surface area contributed by atoms with Crippen molar-refractivity contribution in [1.29, 1.82) is 0 Å². The predicted octanol–water partition coefficient (Wildman–Crippen LogP) is -3.61. The van der Waals surface area contributed by atoms with Crippen LogP contribution in [0.5, 0.6) is 5.75 Å². The second-order valence-corrected chi connectivity index (χ2v) is 9.46. The molecule has 17 nitrogen and oxygen atoms in total. The fourth-order valence-electron chi connectivity index (χ4n) is 3.67. The lowest BCUT2D eigenvalue weighted by Crippen LogP contribution is -2.57. The molecule has 5 amide bonds. The first kappa shape index (κ1) is 35.1. The van der Waals surface area contributed by atoms with E-state index in [1.165, 1.54) is 12.1 Å². The van der Waals surface area contributed by atoms with Gasteiger partial charge in [-0.05, 0) is 49.8 Å². The highest BCUT2D eigenvalue weighted by Crippen LogP contribution is 2.11. The predicted molar refractivity (Wildman–Crippen MR) is 150 cm³/mol. The van der Waals surface area contributed by atoms with Crippen molar-refractivity contribution in [3.05, 3.63) is 29.8 Å². The summed E-state index contributed by atoms with van der Waals surface area (Å²) in [6, 6.07) is 0.728. The lowest BCUT2D eigenvalue weighted by Gasteiger charge is -2.25. The molecule has 0 aliphatic rings. The van der Waals surface area contributed by atoms with Gasteiger partial charge in [-0.2, -0.15) is 0 Å². The van der Waals surface area contributed by atoms with E-state index in [4.69, 9.17) is 28.7 Å². The zero-order chi connectivity index (χ0) is 31.8. The summed E-state index contributed by atoms with van der Waals surface area (Å²) in [6.07, 6.45) is -0.920. The molecule has 0 spiro atoms. The van der Waals surface area contributed by atoms with Crippen molar-refractivity contribution in [1.82, 2.24) is 16.0 Å². The number of carboxylic acid groups (broad SMARTS) is 1. The largest absolute Gasteiger partial charge is 0.508 e. The van der Waals surface area contributed by atoms with Crippen LogP contribution in [0.15, 0.2) is 29.3 Å². The second-order valence-electron chi connectivity index (χ2n) is 9.46. The quantitative estimate of drug-likeness (QED) is 0.0424. The number of guanidine groups is 1. The third-order valence-electron chi connectivity index (χ3n) is 5.91. The molecule has 0 saturated heterocycles. The Morgan fingerprint density at radius 2 is 1.21 bits per heavy atom. The number of amides is 5. The molecule has 0 fully saturated rings. The first-order valence-corrected chi connectivity index (χ1v) is 13.0. The maximum Gasteiger partial charge on any atom is 0.326 e. The number of phenols is 1. The van der Waals surface area contributed by atoms with Crippen LogP contribution in [0.2, 0.25) is 0 Å². The number of aliphatic carboxylic acids is 1. The number of benzene rings is 1. The summed E-state index contributed by atoms with van der Waals surface area (Å²) in [5, 5.41) is 26.0. The number of nitrogens with zero attached hydrogens (tertiary/aromatic N) is 1. The minimum Gasteiger partial charge on any atom is -0.508 e. The van der Waals surface area contributed by atoms with Crippen LogP contribution in [0.25, 0.3) is 0 Å². The molecule has 0 aliphatic heterocycles. The zero-order valence-electron chi connectivity index (χ0n) is 23.0. The van der Waals surface area contributed by atoms with Crippen LogP contribution < -0.4 is 44.6 Å². The second kappa shape index (κ2) is 17.7. The molecule has 0 saturated carbocycles. The maximum atomic E-state index is 13.2. The topological polar surface area (TPSA) is 321 Å². The van der Waals surface area contributed by atoms with E-state index in [0.717, 1.165) is 0 Å². The van der Waals surface area contributed by atoms with Crippen LogP contribution in [0.4, 0.5) is 0 Å². The minimum absolute atomic E-state index is 0.0272. The number of phenolic OH excluding ortho intramolecular Hbond substituents is 1. The van der Waals surface area contributed by atoms with Gasteiger partial charge in [-0.25, -0.2) is 4.79 Å². The average Bonchev–Trinajstić information content (AvgIpc) is 2.90. The first-order chi connectivity index (χ1) is 19.7. The van der Waals surface area contributed by atoms with E-state index in [2.05, 4.69) is 20.9 Å². The Bertz CT molecular complexity index is 1140. The van der Waals surface area contributed by atoms with Gasteiger partial charge in [0.05, 0.1) is 6.04 Å². The smallest absolute Gasteiger partial charge is 0.326 e. The van der Waals surface area contributed by atoms with E-state index >= 15 is 0 Å². The average molecular weight is 594 g/mol. The van der Waals surface area contributed by atoms with Crippen molar-refractivity contribution >= 4 is 41.5 Å². The first-order valence-electron chi connectivity index (χ1n) is 13.0. The molecule has 232 valence electrons. The molecule has 1 aromatic carbocycles. The van der Waals surface area contributed by atoms with Gasteiger partial charge in [-0.1, -0.05) is 12.1 Å². The minimum atomic E-state index is -1.48. The van der Waals surface area contributed by atoms with Gasteiger partial charge in [0.1, 0.15) is 23.9 Å². The van der Waals surface area contributed by atoms with Crippen molar-refractivity contribution in [2.45, 2.75) is 69.1 Å². The lowest BCUT2D eigenvalue weighted by molar-refractivity contribution is -0.142. The summed E-state index contributed by atoms with van der Waals surface area (Å²) in [5.41, 5.74) is 27.5. The highest BCUT2D eigenvalue weighted by atomic mass is 16.4. The number of nitrogens with two attached hydrogens (primary N) is 5. The molecule has 42 heavy (non-hydrogen) atoms.